The zero-order chi connectivity index (χ0) is 13.1. The van der Waals surface area contributed by atoms with Crippen LogP contribution in [0.3, 0.4) is 0 Å². The van der Waals surface area contributed by atoms with Crippen LogP contribution in [0.25, 0.3) is 11.3 Å². The molecule has 0 aliphatic carbocycles. The first-order chi connectivity index (χ1) is 8.65. The van der Waals surface area contributed by atoms with Crippen molar-refractivity contribution in [1.29, 1.82) is 0 Å². The summed E-state index contributed by atoms with van der Waals surface area (Å²) < 4.78 is 0. The summed E-state index contributed by atoms with van der Waals surface area (Å²) in [4.78, 5) is 7.50. The zero-order valence-corrected chi connectivity index (χ0v) is 10.8. The minimum Gasteiger partial charge on any atom is -0.384 e. The van der Waals surface area contributed by atoms with E-state index in [0.717, 1.165) is 23.4 Å². The lowest BCUT2D eigenvalue weighted by Crippen LogP contribution is -2.12. The summed E-state index contributed by atoms with van der Waals surface area (Å²) in [6.07, 6.45) is 0.295. The largest absolute Gasteiger partial charge is 0.384 e. The van der Waals surface area contributed by atoms with Crippen LogP contribution < -0.4 is 5.73 Å². The number of aryl methyl sites for hydroxylation is 2. The Labute approximate surface area is 107 Å². The SMILES string of the molecule is CCc1ccc(-c2nc(C(O)CN)[nH]c2C)cc1. The van der Waals surface area contributed by atoms with E-state index in [1.807, 2.05) is 6.92 Å². The Morgan fingerprint density at radius 2 is 2.00 bits per heavy atom. The molecule has 1 aromatic heterocycles. The van der Waals surface area contributed by atoms with Gasteiger partial charge in [-0.2, -0.15) is 0 Å². The van der Waals surface area contributed by atoms with Crippen molar-refractivity contribution >= 4 is 0 Å². The predicted molar refractivity (Wildman–Crippen MR) is 72.2 cm³/mol. The van der Waals surface area contributed by atoms with Crippen LogP contribution in [0.1, 0.15) is 30.1 Å². The summed E-state index contributed by atoms with van der Waals surface area (Å²) in [5.41, 5.74) is 9.60. The molecule has 1 heterocycles. The molecule has 0 saturated carbocycles. The number of benzene rings is 1. The summed E-state index contributed by atoms with van der Waals surface area (Å²) in [5, 5.41) is 9.68. The van der Waals surface area contributed by atoms with Crippen LogP contribution in [0.15, 0.2) is 24.3 Å². The van der Waals surface area contributed by atoms with Gasteiger partial charge in [0, 0.05) is 17.8 Å². The fraction of sp³-hybridized carbons (Fsp3) is 0.357. The topological polar surface area (TPSA) is 74.9 Å². The molecule has 4 N–H and O–H groups in total. The lowest BCUT2D eigenvalue weighted by atomic mass is 10.1. The number of hydrogen-bond acceptors (Lipinski definition) is 3. The molecule has 1 unspecified atom stereocenters. The molecule has 0 aliphatic rings. The Bertz CT molecular complexity index is 516. The molecule has 2 rings (SSSR count). The third-order valence-corrected chi connectivity index (χ3v) is 3.08. The number of rotatable bonds is 4. The second-order valence-electron chi connectivity index (χ2n) is 4.40. The number of nitrogens with one attached hydrogen (secondary N) is 1. The number of imidazole rings is 1. The van der Waals surface area contributed by atoms with Crippen molar-refractivity contribution in [2.45, 2.75) is 26.4 Å². The quantitative estimate of drug-likeness (QED) is 0.770. The van der Waals surface area contributed by atoms with Crippen molar-refractivity contribution in [3.63, 3.8) is 0 Å². The highest BCUT2D eigenvalue weighted by Gasteiger charge is 2.14. The average molecular weight is 245 g/mol. The van der Waals surface area contributed by atoms with E-state index in [1.54, 1.807) is 0 Å². The van der Waals surface area contributed by atoms with Crippen molar-refractivity contribution in [1.82, 2.24) is 9.97 Å². The van der Waals surface area contributed by atoms with Crippen LogP contribution in [0.2, 0.25) is 0 Å². The predicted octanol–water partition coefficient (Wildman–Crippen LogP) is 1.94. The highest BCUT2D eigenvalue weighted by molar-refractivity contribution is 5.62. The van der Waals surface area contributed by atoms with Gasteiger partial charge < -0.3 is 15.8 Å². The van der Waals surface area contributed by atoms with Gasteiger partial charge in [0.1, 0.15) is 11.9 Å². The van der Waals surface area contributed by atoms with Gasteiger partial charge in [-0.3, -0.25) is 0 Å². The molecule has 4 heteroatoms. The van der Waals surface area contributed by atoms with E-state index in [0.29, 0.717) is 5.82 Å². The Kier molecular flexibility index (Phi) is 3.79. The monoisotopic (exact) mass is 245 g/mol. The molecular weight excluding hydrogens is 226 g/mol. The van der Waals surface area contributed by atoms with Crippen LogP contribution in [0, 0.1) is 6.92 Å². The van der Waals surface area contributed by atoms with Gasteiger partial charge in [-0.1, -0.05) is 31.2 Å². The van der Waals surface area contributed by atoms with Gasteiger partial charge in [0.25, 0.3) is 0 Å². The van der Waals surface area contributed by atoms with Crippen LogP contribution in [-0.4, -0.2) is 21.6 Å². The maximum Gasteiger partial charge on any atom is 0.137 e. The van der Waals surface area contributed by atoms with Gasteiger partial charge in [0.2, 0.25) is 0 Å². The minimum atomic E-state index is -0.729. The van der Waals surface area contributed by atoms with Gasteiger partial charge in [-0.05, 0) is 18.9 Å². The van der Waals surface area contributed by atoms with Gasteiger partial charge in [-0.15, -0.1) is 0 Å². The van der Waals surface area contributed by atoms with Crippen molar-refractivity contribution < 1.29 is 5.11 Å². The summed E-state index contributed by atoms with van der Waals surface area (Å²) in [7, 11) is 0. The summed E-state index contributed by atoms with van der Waals surface area (Å²) in [6, 6.07) is 8.31. The van der Waals surface area contributed by atoms with Crippen molar-refractivity contribution in [3.8, 4) is 11.3 Å². The van der Waals surface area contributed by atoms with Gasteiger partial charge >= 0.3 is 0 Å². The summed E-state index contributed by atoms with van der Waals surface area (Å²) in [5.74, 6) is 0.532. The second kappa shape index (κ2) is 5.33. The third kappa shape index (κ3) is 2.44. The van der Waals surface area contributed by atoms with E-state index < -0.39 is 6.10 Å². The molecule has 0 amide bonds. The summed E-state index contributed by atoms with van der Waals surface area (Å²) in [6.45, 7) is 4.24. The molecule has 0 bridgehead atoms. The van der Waals surface area contributed by atoms with Crippen LogP contribution in [-0.2, 0) is 6.42 Å². The van der Waals surface area contributed by atoms with E-state index in [9.17, 15) is 5.11 Å². The van der Waals surface area contributed by atoms with E-state index in [1.165, 1.54) is 5.56 Å². The Hall–Kier alpha value is -1.65. The van der Waals surface area contributed by atoms with Crippen LogP contribution in [0.5, 0.6) is 0 Å². The highest BCUT2D eigenvalue weighted by atomic mass is 16.3. The number of hydrogen-bond donors (Lipinski definition) is 3. The number of H-pyrrole nitrogens is 1. The third-order valence-electron chi connectivity index (χ3n) is 3.08. The molecule has 96 valence electrons. The molecule has 18 heavy (non-hydrogen) atoms. The Morgan fingerprint density at radius 3 is 2.56 bits per heavy atom. The Morgan fingerprint density at radius 1 is 1.33 bits per heavy atom. The number of aromatic nitrogens is 2. The maximum absolute atomic E-state index is 9.68. The lowest BCUT2D eigenvalue weighted by Gasteiger charge is -2.02. The molecule has 0 radical (unpaired) electrons. The smallest absolute Gasteiger partial charge is 0.137 e. The molecule has 1 atom stereocenters. The zero-order valence-electron chi connectivity index (χ0n) is 10.8. The first-order valence-electron chi connectivity index (χ1n) is 6.19. The minimum absolute atomic E-state index is 0.168. The fourth-order valence-electron chi connectivity index (χ4n) is 1.93. The first-order valence-corrected chi connectivity index (χ1v) is 6.19. The van der Waals surface area contributed by atoms with Gasteiger partial charge in [0.05, 0.1) is 5.69 Å². The molecule has 0 aliphatic heterocycles. The van der Waals surface area contributed by atoms with Crippen molar-refractivity contribution in [2.24, 2.45) is 5.73 Å². The van der Waals surface area contributed by atoms with Gasteiger partial charge in [-0.25, -0.2) is 4.98 Å². The van der Waals surface area contributed by atoms with E-state index in [-0.39, 0.29) is 6.54 Å². The highest BCUT2D eigenvalue weighted by Crippen LogP contribution is 2.23. The van der Waals surface area contributed by atoms with Crippen molar-refractivity contribution in [2.75, 3.05) is 6.54 Å². The molecule has 0 fully saturated rings. The second-order valence-corrected chi connectivity index (χ2v) is 4.40. The number of aliphatic hydroxyl groups excluding tert-OH is 1. The number of nitrogens with two attached hydrogens (primary N) is 1. The fourth-order valence-corrected chi connectivity index (χ4v) is 1.93. The normalized spacial score (nSPS) is 12.7. The molecule has 1 aromatic carbocycles. The molecule has 0 saturated heterocycles. The van der Waals surface area contributed by atoms with Gasteiger partial charge in [0.15, 0.2) is 0 Å². The molecule has 4 nitrogen and oxygen atoms in total. The first kappa shape index (κ1) is 12.8. The Balaban J connectivity index is 2.34. The van der Waals surface area contributed by atoms with E-state index in [4.69, 9.17) is 5.73 Å². The number of nitrogens with zero attached hydrogens (tertiary/aromatic N) is 1. The van der Waals surface area contributed by atoms with E-state index in [2.05, 4.69) is 41.2 Å². The maximum atomic E-state index is 9.68. The van der Waals surface area contributed by atoms with Crippen LogP contribution in [0.4, 0.5) is 0 Å². The standard InChI is InChI=1S/C14H19N3O/c1-3-10-4-6-11(7-5-10)13-9(2)16-14(17-13)12(18)8-15/h4-7,12,18H,3,8,15H2,1-2H3,(H,16,17). The number of aromatic amines is 1. The van der Waals surface area contributed by atoms with Crippen LogP contribution >= 0.6 is 0 Å². The summed E-state index contributed by atoms with van der Waals surface area (Å²) >= 11 is 0. The molecular formula is C14H19N3O. The average Bonchev–Trinajstić information content (AvgIpc) is 2.80. The van der Waals surface area contributed by atoms with Crippen molar-refractivity contribution in [3.05, 3.63) is 41.3 Å². The molecule has 0 spiro atoms. The number of aliphatic hydroxyl groups is 1. The van der Waals surface area contributed by atoms with E-state index >= 15 is 0 Å². The molecule has 2 aromatic rings. The lowest BCUT2D eigenvalue weighted by molar-refractivity contribution is 0.177.